The Morgan fingerprint density at radius 2 is 1.23 bits per heavy atom. The van der Waals surface area contributed by atoms with Crippen LogP contribution in [0.5, 0.6) is 0 Å². The van der Waals surface area contributed by atoms with E-state index in [0.717, 1.165) is 65.9 Å². The number of aliphatic hydroxyl groups is 1. The molecule has 0 saturated heterocycles. The Labute approximate surface area is 384 Å². The summed E-state index contributed by atoms with van der Waals surface area (Å²) in [6, 6.07) is 14.0. The van der Waals surface area contributed by atoms with Crippen LogP contribution >= 0.6 is 73.7 Å². The van der Waals surface area contributed by atoms with Crippen molar-refractivity contribution in [2.45, 2.75) is 120 Å². The maximum Gasteiger partial charge on any atom is 0.151 e. The molecule has 3 heterocycles. The van der Waals surface area contributed by atoms with E-state index in [1.807, 2.05) is 12.1 Å². The van der Waals surface area contributed by atoms with E-state index in [1.54, 1.807) is 30.3 Å². The van der Waals surface area contributed by atoms with Gasteiger partial charge in [-0.25, -0.2) is 9.37 Å². The van der Waals surface area contributed by atoms with Crippen LogP contribution < -0.4 is 0 Å². The molecule has 0 unspecified atom stereocenters. The summed E-state index contributed by atoms with van der Waals surface area (Å²) in [6.45, 7) is 0.737. The molecule has 3 aromatic carbocycles. The Balaban J connectivity index is 0.000000167. The van der Waals surface area contributed by atoms with Gasteiger partial charge in [0.05, 0.1) is 50.2 Å². The largest absolute Gasteiger partial charge is 0.383 e. The Hall–Kier alpha value is -2.91. The quantitative estimate of drug-likeness (QED) is 0.135. The van der Waals surface area contributed by atoms with Gasteiger partial charge in [-0.2, -0.15) is 0 Å². The van der Waals surface area contributed by atoms with Gasteiger partial charge in [-0.3, -0.25) is 4.79 Å². The molecule has 3 aromatic heterocycles. The topological polar surface area (TPSA) is 121 Å². The second-order valence-corrected chi connectivity index (χ2v) is 19.9. The molecule has 4 aliphatic rings. The van der Waals surface area contributed by atoms with Crippen LogP contribution in [0, 0.1) is 5.82 Å². The lowest BCUT2D eigenvalue weighted by molar-refractivity contribution is -0.123. The zero-order valence-electron chi connectivity index (χ0n) is 32.8. The molecule has 6 aromatic rings. The second-order valence-electron chi connectivity index (χ2n) is 16.3. The molecule has 9 nitrogen and oxygen atoms in total. The third-order valence-corrected chi connectivity index (χ3v) is 14.8. The Morgan fingerprint density at radius 1 is 0.754 bits per heavy atom. The molecule has 61 heavy (non-hydrogen) atoms. The van der Waals surface area contributed by atoms with Gasteiger partial charge in [0.25, 0.3) is 0 Å². The van der Waals surface area contributed by atoms with Crippen LogP contribution in [0.1, 0.15) is 117 Å². The minimum atomic E-state index is -1.09. The molecule has 0 radical (unpaired) electrons. The SMILES string of the molecule is O=C1CCC(OCc2c(-c3c(Cl)cccc3Cl)noc2C2CC2)CC1.OC1(c2nc3c(F)cc(Br)cc3s2)CCC(OCc2c(-c3c(Cl)cccc3Cl)noc2C2CC2)CC1. The number of rotatable bonds is 11. The molecular formula is C45H41BrCl4FN3O6S. The molecule has 0 aliphatic heterocycles. The molecule has 0 atom stereocenters. The van der Waals surface area contributed by atoms with Crippen LogP contribution in [0.4, 0.5) is 4.39 Å². The van der Waals surface area contributed by atoms with Crippen molar-refractivity contribution in [3.05, 3.63) is 107 Å². The van der Waals surface area contributed by atoms with Gasteiger partial charge in [0.15, 0.2) is 5.82 Å². The first kappa shape index (κ1) is 43.3. The Kier molecular flexibility index (Phi) is 13.0. The first-order chi connectivity index (χ1) is 29.5. The first-order valence-corrected chi connectivity index (χ1v) is 23.7. The zero-order chi connectivity index (χ0) is 42.4. The third-order valence-electron chi connectivity index (χ3n) is 11.9. The van der Waals surface area contributed by atoms with E-state index in [4.69, 9.17) is 64.9 Å². The fourth-order valence-electron chi connectivity index (χ4n) is 8.18. The van der Waals surface area contributed by atoms with Crippen LogP contribution in [0.15, 0.2) is 62.0 Å². The molecule has 4 aliphatic carbocycles. The van der Waals surface area contributed by atoms with E-state index < -0.39 is 11.4 Å². The number of benzene rings is 3. The van der Waals surface area contributed by atoms with E-state index >= 15 is 0 Å². The van der Waals surface area contributed by atoms with Crippen molar-refractivity contribution in [3.8, 4) is 22.5 Å². The van der Waals surface area contributed by atoms with Crippen molar-refractivity contribution in [1.29, 1.82) is 0 Å². The summed E-state index contributed by atoms with van der Waals surface area (Å²) in [5, 5.41) is 22.6. The van der Waals surface area contributed by atoms with Crippen LogP contribution in [-0.4, -0.2) is 38.4 Å². The van der Waals surface area contributed by atoms with Gasteiger partial charge in [-0.15, -0.1) is 11.3 Å². The van der Waals surface area contributed by atoms with Crippen LogP contribution in [0.25, 0.3) is 32.7 Å². The standard InChI is InChI=1S/C26H22BrCl2FN2O3S.C19H19Cl2NO3/c27-14-10-19(30)23-20(11-14)36-25(31-23)26(33)8-6-15(7-9-26)34-12-16-22(32-35-24(16)13-4-5-13)21-17(28)2-1-3-18(21)29;20-15-2-1-3-16(21)17(15)18-14(19(25-22-18)11-4-5-11)10-24-13-8-6-12(23)7-9-13/h1-3,10-11,13,15,33H,4-9,12H2;1-3,11,13H,4-10H2. The summed E-state index contributed by atoms with van der Waals surface area (Å²) in [5.41, 5.74) is 3.69. The van der Waals surface area contributed by atoms with Gasteiger partial charge in [-0.05, 0) is 101 Å². The number of aromatic nitrogens is 3. The average Bonchev–Trinajstić information content (AvgIpc) is 4.14. The van der Waals surface area contributed by atoms with E-state index in [9.17, 15) is 14.3 Å². The minimum Gasteiger partial charge on any atom is -0.383 e. The fourth-order valence-corrected chi connectivity index (χ4v) is 11.1. The van der Waals surface area contributed by atoms with Crippen molar-refractivity contribution in [1.82, 2.24) is 15.3 Å². The summed E-state index contributed by atoms with van der Waals surface area (Å²) >= 11 is 30.3. The average molecular weight is 993 g/mol. The lowest BCUT2D eigenvalue weighted by Crippen LogP contribution is -2.34. The summed E-state index contributed by atoms with van der Waals surface area (Å²) in [4.78, 5) is 15.8. The summed E-state index contributed by atoms with van der Waals surface area (Å²) in [7, 11) is 0. The highest BCUT2D eigenvalue weighted by atomic mass is 79.9. The number of nitrogens with zero attached hydrogens (tertiary/aromatic N) is 3. The monoisotopic (exact) mass is 989 g/mol. The summed E-state index contributed by atoms with van der Waals surface area (Å²) in [6.07, 6.45) is 9.47. The third kappa shape index (κ3) is 9.49. The molecule has 4 fully saturated rings. The zero-order valence-corrected chi connectivity index (χ0v) is 38.3. The number of carbonyl (C=O) groups excluding carboxylic acids is 1. The van der Waals surface area contributed by atoms with Gasteiger partial charge < -0.3 is 23.6 Å². The maximum atomic E-state index is 14.3. The molecule has 320 valence electrons. The van der Waals surface area contributed by atoms with Crippen molar-refractivity contribution in [2.75, 3.05) is 0 Å². The molecule has 4 saturated carbocycles. The smallest absolute Gasteiger partial charge is 0.151 e. The Morgan fingerprint density at radius 3 is 1.70 bits per heavy atom. The normalized spacial score (nSPS) is 20.9. The highest BCUT2D eigenvalue weighted by molar-refractivity contribution is 9.10. The van der Waals surface area contributed by atoms with Crippen LogP contribution in [0.3, 0.4) is 0 Å². The fraction of sp³-hybridized carbons (Fsp3) is 0.422. The number of hydrogen-bond acceptors (Lipinski definition) is 10. The van der Waals surface area contributed by atoms with E-state index in [0.29, 0.717) is 127 Å². The van der Waals surface area contributed by atoms with Gasteiger partial charge in [0.1, 0.15) is 44.8 Å². The lowest BCUT2D eigenvalue weighted by Gasteiger charge is -2.34. The van der Waals surface area contributed by atoms with Crippen molar-refractivity contribution >= 4 is 89.7 Å². The minimum absolute atomic E-state index is 0.0398. The van der Waals surface area contributed by atoms with Gasteiger partial charge in [0.2, 0.25) is 0 Å². The number of Topliss-reactive ketones (excluding diaryl/α,β-unsaturated/α-hetero) is 1. The van der Waals surface area contributed by atoms with E-state index in [1.165, 1.54) is 17.4 Å². The van der Waals surface area contributed by atoms with E-state index in [-0.39, 0.29) is 12.2 Å². The van der Waals surface area contributed by atoms with E-state index in [2.05, 4.69) is 31.2 Å². The summed E-state index contributed by atoms with van der Waals surface area (Å²) in [5.74, 6) is 2.43. The number of halogens is 6. The van der Waals surface area contributed by atoms with Gasteiger partial charge in [0, 0.05) is 51.4 Å². The van der Waals surface area contributed by atoms with Gasteiger partial charge >= 0.3 is 0 Å². The highest BCUT2D eigenvalue weighted by Gasteiger charge is 2.40. The number of hydrogen-bond donors (Lipinski definition) is 1. The van der Waals surface area contributed by atoms with Crippen molar-refractivity contribution in [3.63, 3.8) is 0 Å². The highest BCUT2D eigenvalue weighted by Crippen LogP contribution is 2.48. The second kappa shape index (κ2) is 18.3. The Bertz CT molecular complexity index is 2530. The molecule has 10 rings (SSSR count). The number of fused-ring (bicyclic) bond motifs is 1. The summed E-state index contributed by atoms with van der Waals surface area (Å²) < 4.78 is 39.5. The molecule has 0 spiro atoms. The van der Waals surface area contributed by atoms with Crippen LogP contribution in [-0.2, 0) is 33.1 Å². The lowest BCUT2D eigenvalue weighted by atomic mass is 9.83. The molecule has 0 bridgehead atoms. The van der Waals surface area contributed by atoms with Crippen molar-refractivity contribution < 1.29 is 32.8 Å². The maximum absolute atomic E-state index is 14.3. The number of ether oxygens (including phenoxy) is 2. The number of thiazole rings is 1. The van der Waals surface area contributed by atoms with Crippen LogP contribution in [0.2, 0.25) is 20.1 Å². The first-order valence-electron chi connectivity index (χ1n) is 20.5. The number of carbonyl (C=O) groups is 1. The predicted octanol–water partition coefficient (Wildman–Crippen LogP) is 13.9. The molecule has 1 N–H and O–H groups in total. The molecular weight excluding hydrogens is 951 g/mol. The molecule has 16 heteroatoms. The van der Waals surface area contributed by atoms with Crippen molar-refractivity contribution in [2.24, 2.45) is 0 Å². The van der Waals surface area contributed by atoms with Gasteiger partial charge in [-0.1, -0.05) is 84.8 Å². The predicted molar refractivity (Wildman–Crippen MR) is 238 cm³/mol. The molecule has 0 amide bonds. The number of ketones is 1.